The van der Waals surface area contributed by atoms with Gasteiger partial charge >= 0.3 is 0 Å². The molecular weight excluding hydrogens is 967 g/mol. The van der Waals surface area contributed by atoms with E-state index in [4.69, 9.17) is 18.9 Å². The lowest BCUT2D eigenvalue weighted by molar-refractivity contribution is -0.359. The summed E-state index contributed by atoms with van der Waals surface area (Å²) in [5.74, 6) is -0.274. The molecule has 0 aromatic rings. The summed E-state index contributed by atoms with van der Waals surface area (Å²) in [5.41, 5.74) is 0. The van der Waals surface area contributed by atoms with Gasteiger partial charge in [-0.3, -0.25) is 4.79 Å². The van der Waals surface area contributed by atoms with Crippen LogP contribution < -0.4 is 5.32 Å². The monoisotopic (exact) mass is 1070 g/mol. The van der Waals surface area contributed by atoms with Crippen molar-refractivity contribution < 1.29 is 64.6 Å². The molecule has 0 bridgehead atoms. The van der Waals surface area contributed by atoms with Crippen LogP contribution in [-0.4, -0.2) is 140 Å². The van der Waals surface area contributed by atoms with Gasteiger partial charge in [0.1, 0.15) is 48.8 Å². The first-order chi connectivity index (χ1) is 37.1. The van der Waals surface area contributed by atoms with Gasteiger partial charge in [0.05, 0.1) is 32.0 Å². The molecule has 2 fully saturated rings. The van der Waals surface area contributed by atoms with E-state index in [2.05, 4.69) is 116 Å². The molecule has 0 radical (unpaired) electrons. The highest BCUT2D eigenvalue weighted by atomic mass is 16.7. The number of aliphatic hydroxyl groups excluding tert-OH is 8. The molecule has 0 aromatic carbocycles. The molecule has 0 spiro atoms. The lowest BCUT2D eigenvalue weighted by atomic mass is 9.97. The van der Waals surface area contributed by atoms with Crippen molar-refractivity contribution in [3.63, 3.8) is 0 Å². The van der Waals surface area contributed by atoms with Crippen LogP contribution in [-0.2, 0) is 23.7 Å². The predicted molar refractivity (Wildman–Crippen MR) is 304 cm³/mol. The minimum absolute atomic E-state index is 0.243. The van der Waals surface area contributed by atoms with Crippen molar-refractivity contribution in [1.29, 1.82) is 0 Å². The molecule has 0 saturated carbocycles. The topological polar surface area (TPSA) is 228 Å². The normalized spacial score (nSPS) is 25.7. The summed E-state index contributed by atoms with van der Waals surface area (Å²) in [4.78, 5) is 13.2. The van der Waals surface area contributed by atoms with Crippen LogP contribution in [0.4, 0.5) is 0 Å². The lowest BCUT2D eigenvalue weighted by Gasteiger charge is -2.46. The molecule has 2 aliphatic heterocycles. The first-order valence-electron chi connectivity index (χ1n) is 29.1. The summed E-state index contributed by atoms with van der Waals surface area (Å²) < 4.78 is 22.7. The third-order valence-electron chi connectivity index (χ3n) is 13.4. The Balaban J connectivity index is 1.78. The van der Waals surface area contributed by atoms with Crippen molar-refractivity contribution in [2.45, 2.75) is 254 Å². The molecule has 9 N–H and O–H groups in total. The third kappa shape index (κ3) is 31.9. The first kappa shape index (κ1) is 68.8. The molecule has 12 unspecified atom stereocenters. The van der Waals surface area contributed by atoms with Crippen LogP contribution in [0, 0.1) is 0 Å². The zero-order valence-electron chi connectivity index (χ0n) is 46.4. The number of hydrogen-bond donors (Lipinski definition) is 9. The van der Waals surface area contributed by atoms with E-state index in [1.807, 2.05) is 6.08 Å². The standard InChI is InChI=1S/C62H103NO13/c1-3-5-7-9-11-13-15-17-19-20-21-22-23-24-25-26-27-28-29-30-32-34-36-38-40-42-44-46-54(67)63-50(51(66)45-43-41-39-37-35-33-31-18-16-14-12-10-8-6-4-2)49-73-61-59(72)57(70)60(53(48-65)75-61)76-62-58(71)56(69)55(68)52(47-64)74-62/h5,7,11,13,17,19,21-22,24-25,27-28,30,32,35,37,43,45,50-53,55-62,64-66,68-72H,3-4,6,8-10,12,14-16,18,20,23,26,29,31,33-34,36,38-42,44,46-49H2,1-2H3,(H,63,67)/b7-5-,13-11-,19-17-,22-21-,25-24-,28-27-,32-30-,37-35+,45-43+. The molecule has 2 heterocycles. The van der Waals surface area contributed by atoms with E-state index >= 15 is 0 Å². The van der Waals surface area contributed by atoms with E-state index in [0.717, 1.165) is 89.9 Å². The Bertz CT molecular complexity index is 1690. The third-order valence-corrected chi connectivity index (χ3v) is 13.4. The summed E-state index contributed by atoms with van der Waals surface area (Å²) in [6.07, 6.45) is 48.3. The highest BCUT2D eigenvalue weighted by Gasteiger charge is 2.51. The van der Waals surface area contributed by atoms with E-state index in [0.29, 0.717) is 12.8 Å². The molecule has 14 heteroatoms. The molecule has 0 aromatic heterocycles. The Kier molecular flexibility index (Phi) is 42.1. The maximum absolute atomic E-state index is 13.2. The van der Waals surface area contributed by atoms with Gasteiger partial charge in [-0.15, -0.1) is 0 Å². The van der Waals surface area contributed by atoms with Gasteiger partial charge in [-0.1, -0.05) is 194 Å². The Morgan fingerprint density at radius 1 is 0.487 bits per heavy atom. The van der Waals surface area contributed by atoms with Gasteiger partial charge in [-0.2, -0.15) is 0 Å². The quantitative estimate of drug-likeness (QED) is 0.0205. The largest absolute Gasteiger partial charge is 0.394 e. The second-order valence-corrected chi connectivity index (χ2v) is 20.0. The van der Waals surface area contributed by atoms with Gasteiger partial charge in [0.2, 0.25) is 5.91 Å². The van der Waals surface area contributed by atoms with Crippen LogP contribution in [0.15, 0.2) is 109 Å². The number of carbonyl (C=O) groups is 1. The molecule has 1 amide bonds. The number of aliphatic hydroxyl groups is 8. The average molecular weight is 1070 g/mol. The predicted octanol–water partition coefficient (Wildman–Crippen LogP) is 9.66. The number of hydrogen-bond acceptors (Lipinski definition) is 13. The highest BCUT2D eigenvalue weighted by molar-refractivity contribution is 5.76. The minimum Gasteiger partial charge on any atom is -0.394 e. The summed E-state index contributed by atoms with van der Waals surface area (Å²) in [6.45, 7) is 2.62. The maximum atomic E-state index is 13.2. The number of ether oxygens (including phenoxy) is 4. The smallest absolute Gasteiger partial charge is 0.220 e. The zero-order valence-corrected chi connectivity index (χ0v) is 46.4. The van der Waals surface area contributed by atoms with Crippen LogP contribution in [0.25, 0.3) is 0 Å². The van der Waals surface area contributed by atoms with Gasteiger partial charge in [0, 0.05) is 6.42 Å². The van der Waals surface area contributed by atoms with Crippen LogP contribution in [0.5, 0.6) is 0 Å². The number of allylic oxidation sites excluding steroid dienone is 17. The summed E-state index contributed by atoms with van der Waals surface area (Å²) in [6, 6.07) is -0.950. The first-order valence-corrected chi connectivity index (χ1v) is 29.1. The van der Waals surface area contributed by atoms with Gasteiger partial charge in [0.15, 0.2) is 12.6 Å². The molecule has 2 saturated heterocycles. The second-order valence-electron chi connectivity index (χ2n) is 20.0. The number of carbonyl (C=O) groups excluding carboxylic acids is 1. The molecule has 76 heavy (non-hydrogen) atoms. The highest BCUT2D eigenvalue weighted by Crippen LogP contribution is 2.30. The van der Waals surface area contributed by atoms with Gasteiger partial charge in [0.25, 0.3) is 0 Å². The van der Waals surface area contributed by atoms with Crippen molar-refractivity contribution in [2.75, 3.05) is 19.8 Å². The summed E-state index contributed by atoms with van der Waals surface area (Å²) in [5, 5.41) is 87.0. The molecular formula is C62H103NO13. The Morgan fingerprint density at radius 3 is 1.45 bits per heavy atom. The summed E-state index contributed by atoms with van der Waals surface area (Å²) in [7, 11) is 0. The average Bonchev–Trinajstić information content (AvgIpc) is 3.42. The Labute approximate surface area is 457 Å². The van der Waals surface area contributed by atoms with E-state index < -0.39 is 86.8 Å². The Hall–Kier alpha value is -3.35. The van der Waals surface area contributed by atoms with Crippen LogP contribution in [0.2, 0.25) is 0 Å². The van der Waals surface area contributed by atoms with E-state index in [1.165, 1.54) is 57.8 Å². The van der Waals surface area contributed by atoms with Gasteiger partial charge < -0.3 is 65.1 Å². The van der Waals surface area contributed by atoms with E-state index in [-0.39, 0.29) is 18.9 Å². The molecule has 14 nitrogen and oxygen atoms in total. The molecule has 2 rings (SSSR count). The molecule has 12 atom stereocenters. The van der Waals surface area contributed by atoms with E-state index in [1.54, 1.807) is 6.08 Å². The molecule has 0 aliphatic carbocycles. The number of amides is 1. The van der Waals surface area contributed by atoms with Crippen LogP contribution in [0.1, 0.15) is 181 Å². The fourth-order valence-electron chi connectivity index (χ4n) is 8.76. The maximum Gasteiger partial charge on any atom is 0.220 e. The van der Waals surface area contributed by atoms with Crippen molar-refractivity contribution >= 4 is 5.91 Å². The van der Waals surface area contributed by atoms with Crippen molar-refractivity contribution in [1.82, 2.24) is 5.32 Å². The molecule has 434 valence electrons. The van der Waals surface area contributed by atoms with Crippen molar-refractivity contribution in [3.05, 3.63) is 109 Å². The van der Waals surface area contributed by atoms with E-state index in [9.17, 15) is 45.6 Å². The fourth-order valence-corrected chi connectivity index (χ4v) is 8.76. The minimum atomic E-state index is -1.80. The fraction of sp³-hybridized carbons (Fsp3) is 0.694. The number of unbranched alkanes of at least 4 members (excludes halogenated alkanes) is 15. The zero-order chi connectivity index (χ0) is 55.3. The number of nitrogens with one attached hydrogen (secondary N) is 1. The second kappa shape index (κ2) is 46.6. The van der Waals surface area contributed by atoms with Crippen LogP contribution in [0.3, 0.4) is 0 Å². The Morgan fingerprint density at radius 2 is 0.921 bits per heavy atom. The number of rotatable bonds is 44. The SMILES string of the molecule is CC/C=C\C/C=C\C/C=C\C/C=C\C/C=C\C/C=C\C/C=C\CCCCCCCC(=O)NC(COC1OC(CO)C(OC2OC(CO)C(O)C(O)C2O)C(O)C1O)C(O)/C=C/CC/C=C/CCCCCCCCCCC. The summed E-state index contributed by atoms with van der Waals surface area (Å²) >= 11 is 0. The molecule has 2 aliphatic rings. The van der Waals surface area contributed by atoms with Crippen molar-refractivity contribution in [3.8, 4) is 0 Å². The lowest BCUT2D eigenvalue weighted by Crippen LogP contribution is -2.65. The van der Waals surface area contributed by atoms with Gasteiger partial charge in [-0.25, -0.2) is 0 Å². The van der Waals surface area contributed by atoms with Gasteiger partial charge in [-0.05, 0) is 89.9 Å². The van der Waals surface area contributed by atoms with Crippen molar-refractivity contribution in [2.24, 2.45) is 0 Å². The van der Waals surface area contributed by atoms with Crippen LogP contribution >= 0.6 is 0 Å².